The average Bonchev–Trinajstić information content (AvgIpc) is 3.77. The van der Waals surface area contributed by atoms with E-state index in [1.54, 1.807) is 0 Å². The summed E-state index contributed by atoms with van der Waals surface area (Å²) in [5, 5.41) is 0. The van der Waals surface area contributed by atoms with Gasteiger partial charge in [-0.25, -0.2) is 0 Å². The molecule has 11 rings (SSSR count). The van der Waals surface area contributed by atoms with E-state index in [1.807, 2.05) is 0 Å². The van der Waals surface area contributed by atoms with Crippen molar-refractivity contribution in [2.24, 2.45) is 65.1 Å². The predicted molar refractivity (Wildman–Crippen MR) is 160 cm³/mol. The van der Waals surface area contributed by atoms with Crippen molar-refractivity contribution in [3.05, 3.63) is 59.7 Å². The number of rotatable bonds is 2. The minimum Gasteiger partial charge on any atom is -0.274 e. The van der Waals surface area contributed by atoms with Crippen LogP contribution in [0.5, 0.6) is 0 Å². The molecule has 12 heteroatoms. The lowest BCUT2D eigenvalue weighted by molar-refractivity contribution is -0.138. The van der Waals surface area contributed by atoms with Crippen LogP contribution < -0.4 is 9.80 Å². The largest absolute Gasteiger partial charge is 0.416 e. The lowest BCUT2D eigenvalue weighted by Crippen LogP contribution is -2.45. The van der Waals surface area contributed by atoms with Crippen LogP contribution in [0.25, 0.3) is 0 Å². The van der Waals surface area contributed by atoms with Crippen LogP contribution in [-0.2, 0) is 31.5 Å². The maximum atomic E-state index is 12.9. The summed E-state index contributed by atoms with van der Waals surface area (Å²) in [7, 11) is 0. The Morgan fingerprint density at radius 1 is 0.542 bits per heavy atom. The molecule has 0 spiro atoms. The third-order valence-electron chi connectivity index (χ3n) is 12.7. The molecule has 7 saturated carbocycles. The SMILES string of the molecule is C[C@H]1CC2CCC1[C@H]1C(=O)N(c3cccc(C(F)(F)F)c3)C(=O)[C@@H]21.O=C1[C@@H]2C3CCC(C4CC43)[C@@H]2C(=O)N1c1cccc(C(F)(F)F)c1. The smallest absolute Gasteiger partial charge is 0.274 e. The fraction of sp³-hybridized carbons (Fsp3) is 0.556. The fourth-order valence-corrected chi connectivity index (χ4v) is 10.7. The molecule has 4 amide bonds. The molecule has 7 aliphatic carbocycles. The van der Waals surface area contributed by atoms with Gasteiger partial charge in [0.2, 0.25) is 23.6 Å². The van der Waals surface area contributed by atoms with Crippen molar-refractivity contribution in [3.8, 4) is 0 Å². The molecule has 9 aliphatic rings. The molecule has 6 unspecified atom stereocenters. The Kier molecular flexibility index (Phi) is 7.00. The van der Waals surface area contributed by atoms with E-state index in [4.69, 9.17) is 0 Å². The van der Waals surface area contributed by atoms with Crippen molar-refractivity contribution < 1.29 is 45.5 Å². The molecule has 0 N–H and O–H groups in total. The highest BCUT2D eigenvalue weighted by Gasteiger charge is 2.68. The van der Waals surface area contributed by atoms with Crippen molar-refractivity contribution in [2.45, 2.75) is 57.8 Å². The highest BCUT2D eigenvalue weighted by molar-refractivity contribution is 6.23. The first-order chi connectivity index (χ1) is 22.7. The predicted octanol–water partition coefficient (Wildman–Crippen LogP) is 7.36. The number of amides is 4. The summed E-state index contributed by atoms with van der Waals surface area (Å²) in [5.74, 6) is -0.163. The molecule has 0 aromatic heterocycles. The van der Waals surface area contributed by atoms with Gasteiger partial charge in [-0.15, -0.1) is 0 Å². The number of anilines is 2. The lowest BCUT2D eigenvalue weighted by atomic mass is 9.56. The number of fused-ring (bicyclic) bond motifs is 3. The van der Waals surface area contributed by atoms with Gasteiger partial charge in [-0.3, -0.25) is 29.0 Å². The number of imide groups is 2. The van der Waals surface area contributed by atoms with Crippen LogP contribution in [0.2, 0.25) is 0 Å². The Bertz CT molecular complexity index is 1600. The number of nitrogens with zero attached hydrogens (tertiary/aromatic N) is 2. The highest BCUT2D eigenvalue weighted by Crippen LogP contribution is 2.68. The van der Waals surface area contributed by atoms with Crippen LogP contribution in [-0.4, -0.2) is 23.6 Å². The zero-order chi connectivity index (χ0) is 34.0. The Balaban J connectivity index is 0.000000140. The number of alkyl halides is 6. The Morgan fingerprint density at radius 3 is 1.40 bits per heavy atom. The molecular weight excluding hydrogens is 638 g/mol. The molecule has 254 valence electrons. The topological polar surface area (TPSA) is 74.8 Å². The van der Waals surface area contributed by atoms with Gasteiger partial charge >= 0.3 is 12.4 Å². The molecule has 2 saturated heterocycles. The van der Waals surface area contributed by atoms with E-state index in [0.717, 1.165) is 72.6 Å². The lowest BCUT2D eigenvalue weighted by Gasteiger charge is -2.46. The van der Waals surface area contributed by atoms with Crippen molar-refractivity contribution in [1.29, 1.82) is 0 Å². The second-order valence-corrected chi connectivity index (χ2v) is 14.9. The molecule has 9 fully saturated rings. The summed E-state index contributed by atoms with van der Waals surface area (Å²) >= 11 is 0. The molecule has 11 atom stereocenters. The van der Waals surface area contributed by atoms with E-state index in [-0.39, 0.29) is 82.3 Å². The Hall–Kier alpha value is -3.70. The Labute approximate surface area is 272 Å². The van der Waals surface area contributed by atoms with Gasteiger partial charge in [0.25, 0.3) is 0 Å². The summed E-state index contributed by atoms with van der Waals surface area (Å²) in [6.07, 6.45) is -3.12. The third kappa shape index (κ3) is 4.67. The summed E-state index contributed by atoms with van der Waals surface area (Å²) in [5.41, 5.74) is -1.57. The maximum absolute atomic E-state index is 12.9. The van der Waals surface area contributed by atoms with E-state index in [0.29, 0.717) is 17.8 Å². The van der Waals surface area contributed by atoms with Gasteiger partial charge in [-0.05, 0) is 116 Å². The number of halogens is 6. The second kappa shape index (κ2) is 10.6. The second-order valence-electron chi connectivity index (χ2n) is 14.9. The van der Waals surface area contributed by atoms with Crippen molar-refractivity contribution in [3.63, 3.8) is 0 Å². The fourth-order valence-electron chi connectivity index (χ4n) is 10.7. The van der Waals surface area contributed by atoms with Crippen molar-refractivity contribution in [2.75, 3.05) is 9.80 Å². The molecule has 48 heavy (non-hydrogen) atoms. The third-order valence-corrected chi connectivity index (χ3v) is 12.7. The van der Waals surface area contributed by atoms with Crippen LogP contribution in [0, 0.1) is 65.1 Å². The van der Waals surface area contributed by atoms with Crippen LogP contribution in [0.1, 0.15) is 56.6 Å². The van der Waals surface area contributed by atoms with Crippen LogP contribution >= 0.6 is 0 Å². The molecular formula is C36H34F6N2O4. The van der Waals surface area contributed by atoms with Gasteiger partial charge in [-0.1, -0.05) is 19.1 Å². The van der Waals surface area contributed by atoms with Gasteiger partial charge in [-0.2, -0.15) is 26.3 Å². The van der Waals surface area contributed by atoms with Crippen LogP contribution in [0.15, 0.2) is 48.5 Å². The van der Waals surface area contributed by atoms with Crippen molar-refractivity contribution in [1.82, 2.24) is 0 Å². The van der Waals surface area contributed by atoms with E-state index >= 15 is 0 Å². The van der Waals surface area contributed by atoms with Crippen molar-refractivity contribution >= 4 is 35.0 Å². The summed E-state index contributed by atoms with van der Waals surface area (Å²) < 4.78 is 77.7. The minimum absolute atomic E-state index is 0.0429. The van der Waals surface area contributed by atoms with Gasteiger partial charge < -0.3 is 0 Å². The monoisotopic (exact) mass is 672 g/mol. The van der Waals surface area contributed by atoms with Crippen LogP contribution in [0.3, 0.4) is 0 Å². The number of carbonyl (C=O) groups is 4. The summed E-state index contributed by atoms with van der Waals surface area (Å²) in [4.78, 5) is 53.5. The molecule has 2 aromatic carbocycles. The zero-order valence-corrected chi connectivity index (χ0v) is 26.0. The molecule has 2 aliphatic heterocycles. The van der Waals surface area contributed by atoms with E-state index in [2.05, 4.69) is 6.92 Å². The molecule has 6 nitrogen and oxygen atoms in total. The minimum atomic E-state index is -4.50. The first-order valence-corrected chi connectivity index (χ1v) is 16.8. The van der Waals surface area contributed by atoms with Gasteiger partial charge in [0.15, 0.2) is 0 Å². The van der Waals surface area contributed by atoms with E-state index < -0.39 is 23.5 Å². The van der Waals surface area contributed by atoms with E-state index in [1.165, 1.54) is 24.3 Å². The van der Waals surface area contributed by atoms with Gasteiger partial charge in [0, 0.05) is 0 Å². The summed E-state index contributed by atoms with van der Waals surface area (Å²) in [6.45, 7) is 2.11. The number of hydrogen-bond acceptors (Lipinski definition) is 4. The van der Waals surface area contributed by atoms with E-state index in [9.17, 15) is 45.5 Å². The maximum Gasteiger partial charge on any atom is 0.416 e. The summed E-state index contributed by atoms with van der Waals surface area (Å²) in [6, 6.07) is 9.06. The number of carbonyl (C=O) groups excluding carboxylic acids is 4. The quantitative estimate of drug-likeness (QED) is 0.247. The standard InChI is InChI=1S/C18H16F3NO2.C18H18F3NO2/c19-18(20,21)8-2-1-3-9(6-8)22-16(23)14-10-4-5-11(13-7-12(10)13)15(14)17(22)24;1-9-7-10-5-6-13(9)15-14(10)16(23)22(17(15)24)12-4-2-3-11(8-12)18(19,20)21/h1-3,6,10-15H,4-5,7H2;2-4,8-10,13-15H,5-7H2,1H3/t10?,11?,12?,13?,14-,15+;9-,10?,13?,14-,15+/m.0/s1. The molecule has 4 bridgehead atoms. The Morgan fingerprint density at radius 2 is 0.958 bits per heavy atom. The molecule has 0 radical (unpaired) electrons. The molecule has 2 aromatic rings. The average molecular weight is 673 g/mol. The number of hydrogen-bond donors (Lipinski definition) is 0. The van der Waals surface area contributed by atoms with Crippen LogP contribution in [0.4, 0.5) is 37.7 Å². The first kappa shape index (κ1) is 31.6. The van der Waals surface area contributed by atoms with Gasteiger partial charge in [0.05, 0.1) is 46.2 Å². The normalized spacial score (nSPS) is 37.7. The highest BCUT2D eigenvalue weighted by atomic mass is 19.4. The first-order valence-electron chi connectivity index (χ1n) is 16.8. The molecule has 2 heterocycles. The number of benzene rings is 2. The van der Waals surface area contributed by atoms with Gasteiger partial charge in [0.1, 0.15) is 0 Å². The zero-order valence-electron chi connectivity index (χ0n) is 26.0.